The van der Waals surface area contributed by atoms with Crippen LogP contribution in [0.5, 0.6) is 0 Å². The molecule has 0 saturated carbocycles. The number of aryl methyl sites for hydroxylation is 2. The molecule has 0 bridgehead atoms. The van der Waals surface area contributed by atoms with Gasteiger partial charge in [0.15, 0.2) is 0 Å². The lowest BCUT2D eigenvalue weighted by Gasteiger charge is -2.08. The third-order valence-electron chi connectivity index (χ3n) is 3.26. The quantitative estimate of drug-likeness (QED) is 0.842. The van der Waals surface area contributed by atoms with Gasteiger partial charge in [0.25, 0.3) is 0 Å². The van der Waals surface area contributed by atoms with Crippen molar-refractivity contribution in [2.75, 3.05) is 0 Å². The Balaban J connectivity index is 2.04. The Labute approximate surface area is 133 Å². The highest BCUT2D eigenvalue weighted by atomic mass is 79.9. The van der Waals surface area contributed by atoms with Gasteiger partial charge in [0, 0.05) is 24.1 Å². The summed E-state index contributed by atoms with van der Waals surface area (Å²) in [6, 6.07) is 8.22. The maximum absolute atomic E-state index is 6.39. The van der Waals surface area contributed by atoms with Gasteiger partial charge < -0.3 is 5.32 Å². The summed E-state index contributed by atoms with van der Waals surface area (Å²) in [6.07, 6.45) is 0.864. The van der Waals surface area contributed by atoms with Gasteiger partial charge in [-0.15, -0.1) is 0 Å². The van der Waals surface area contributed by atoms with Crippen molar-refractivity contribution in [3.05, 3.63) is 50.7 Å². The molecule has 0 atom stereocenters. The molecule has 0 fully saturated rings. The Bertz CT molecular complexity index is 580. The summed E-state index contributed by atoms with van der Waals surface area (Å²) in [4.78, 5) is 0. The molecule has 0 saturated heterocycles. The molecule has 0 aliphatic heterocycles. The van der Waals surface area contributed by atoms with E-state index < -0.39 is 0 Å². The van der Waals surface area contributed by atoms with Crippen LogP contribution in [-0.4, -0.2) is 9.78 Å². The normalized spacial score (nSPS) is 11.0. The van der Waals surface area contributed by atoms with E-state index in [9.17, 15) is 0 Å². The Hall–Kier alpha value is -0.840. The van der Waals surface area contributed by atoms with Gasteiger partial charge in [-0.3, -0.25) is 4.68 Å². The van der Waals surface area contributed by atoms with E-state index in [1.807, 2.05) is 16.8 Å². The van der Waals surface area contributed by atoms with Crippen LogP contribution in [0.2, 0.25) is 5.02 Å². The van der Waals surface area contributed by atoms with Crippen LogP contribution >= 0.6 is 27.5 Å². The first-order valence-corrected chi connectivity index (χ1v) is 8.02. The van der Waals surface area contributed by atoms with Crippen LogP contribution in [0.1, 0.15) is 30.8 Å². The second-order valence-electron chi connectivity index (χ2n) is 4.57. The number of aromatic nitrogens is 2. The van der Waals surface area contributed by atoms with Gasteiger partial charge in [-0.25, -0.2) is 0 Å². The van der Waals surface area contributed by atoms with Gasteiger partial charge >= 0.3 is 0 Å². The first-order valence-electron chi connectivity index (χ1n) is 6.85. The fourth-order valence-electron chi connectivity index (χ4n) is 2.14. The van der Waals surface area contributed by atoms with Crippen LogP contribution in [0.4, 0.5) is 0 Å². The first kappa shape index (κ1) is 15.5. The molecule has 0 aliphatic carbocycles. The molecule has 108 valence electrons. The molecule has 3 nitrogen and oxygen atoms in total. The molecule has 1 heterocycles. The maximum Gasteiger partial charge on any atom is 0.0863 e. The average Bonchev–Trinajstić information content (AvgIpc) is 2.77. The van der Waals surface area contributed by atoms with Gasteiger partial charge in [-0.05, 0) is 25.0 Å². The third kappa shape index (κ3) is 3.43. The van der Waals surface area contributed by atoms with E-state index in [4.69, 9.17) is 11.6 Å². The predicted octanol–water partition coefficient (Wildman–Crippen LogP) is 4.17. The van der Waals surface area contributed by atoms with Crippen LogP contribution < -0.4 is 5.32 Å². The SMILES string of the molecule is CCc1nn(CC)c(CNCc2ccccc2Br)c1Cl. The first-order chi connectivity index (χ1) is 9.67. The van der Waals surface area contributed by atoms with Gasteiger partial charge in [0.05, 0.1) is 16.4 Å². The number of nitrogens with zero attached hydrogens (tertiary/aromatic N) is 2. The van der Waals surface area contributed by atoms with Crippen molar-refractivity contribution in [2.24, 2.45) is 0 Å². The smallest absolute Gasteiger partial charge is 0.0863 e. The van der Waals surface area contributed by atoms with Crippen molar-refractivity contribution in [2.45, 2.75) is 39.9 Å². The van der Waals surface area contributed by atoms with E-state index in [2.05, 4.69) is 52.3 Å². The van der Waals surface area contributed by atoms with E-state index in [1.54, 1.807) is 0 Å². The molecule has 0 unspecified atom stereocenters. The summed E-state index contributed by atoms with van der Waals surface area (Å²) in [6.45, 7) is 6.52. The molecule has 0 radical (unpaired) electrons. The van der Waals surface area contributed by atoms with Crippen molar-refractivity contribution in [1.82, 2.24) is 15.1 Å². The number of nitrogens with one attached hydrogen (secondary N) is 1. The monoisotopic (exact) mass is 355 g/mol. The molecule has 0 amide bonds. The molecule has 2 rings (SSSR count). The fourth-order valence-corrected chi connectivity index (χ4v) is 2.90. The molecular weight excluding hydrogens is 338 g/mol. The van der Waals surface area contributed by atoms with Crippen molar-refractivity contribution in [3.8, 4) is 0 Å². The topological polar surface area (TPSA) is 29.9 Å². The molecule has 0 aliphatic rings. The molecule has 2 aromatic rings. The second kappa shape index (κ2) is 7.25. The highest BCUT2D eigenvalue weighted by molar-refractivity contribution is 9.10. The lowest BCUT2D eigenvalue weighted by molar-refractivity contribution is 0.577. The van der Waals surface area contributed by atoms with Crippen molar-refractivity contribution in [3.63, 3.8) is 0 Å². The number of benzene rings is 1. The summed E-state index contributed by atoms with van der Waals surface area (Å²) in [5.41, 5.74) is 3.28. The second-order valence-corrected chi connectivity index (χ2v) is 5.80. The Kier molecular flexibility index (Phi) is 5.64. The largest absolute Gasteiger partial charge is 0.307 e. The van der Waals surface area contributed by atoms with Gasteiger partial charge in [0.1, 0.15) is 0 Å². The average molecular weight is 357 g/mol. The standard InChI is InChI=1S/C15H19BrClN3/c1-3-13-15(17)14(20(4-2)19-13)10-18-9-11-7-5-6-8-12(11)16/h5-8,18H,3-4,9-10H2,1-2H3. The highest BCUT2D eigenvalue weighted by Crippen LogP contribution is 2.22. The zero-order valence-corrected chi connectivity index (χ0v) is 14.1. The van der Waals surface area contributed by atoms with E-state index in [0.717, 1.165) is 46.9 Å². The minimum absolute atomic E-state index is 0.723. The van der Waals surface area contributed by atoms with E-state index in [-0.39, 0.29) is 0 Å². The summed E-state index contributed by atoms with van der Waals surface area (Å²) < 4.78 is 3.10. The number of hydrogen-bond acceptors (Lipinski definition) is 2. The van der Waals surface area contributed by atoms with E-state index in [0.29, 0.717) is 0 Å². The molecule has 0 spiro atoms. The van der Waals surface area contributed by atoms with E-state index in [1.165, 1.54) is 5.56 Å². The zero-order chi connectivity index (χ0) is 14.5. The molecule has 5 heteroatoms. The predicted molar refractivity (Wildman–Crippen MR) is 87.0 cm³/mol. The van der Waals surface area contributed by atoms with Gasteiger partial charge in [-0.1, -0.05) is 52.7 Å². The van der Waals surface area contributed by atoms with Gasteiger partial charge in [0.2, 0.25) is 0 Å². The van der Waals surface area contributed by atoms with Crippen LogP contribution in [0.3, 0.4) is 0 Å². The highest BCUT2D eigenvalue weighted by Gasteiger charge is 2.13. The number of halogens is 2. The number of rotatable bonds is 6. The Morgan fingerprint density at radius 1 is 1.25 bits per heavy atom. The van der Waals surface area contributed by atoms with Crippen molar-refractivity contribution < 1.29 is 0 Å². The van der Waals surface area contributed by atoms with Gasteiger partial charge in [-0.2, -0.15) is 5.10 Å². The summed E-state index contributed by atoms with van der Waals surface area (Å²) in [7, 11) is 0. The van der Waals surface area contributed by atoms with E-state index >= 15 is 0 Å². The summed E-state index contributed by atoms with van der Waals surface area (Å²) in [5.74, 6) is 0. The van der Waals surface area contributed by atoms with Crippen LogP contribution in [0.25, 0.3) is 0 Å². The molecule has 20 heavy (non-hydrogen) atoms. The summed E-state index contributed by atoms with van der Waals surface area (Å²) in [5, 5.41) is 8.76. The maximum atomic E-state index is 6.39. The van der Waals surface area contributed by atoms with Crippen molar-refractivity contribution in [1.29, 1.82) is 0 Å². The molecular formula is C15H19BrClN3. The number of hydrogen-bond donors (Lipinski definition) is 1. The van der Waals surface area contributed by atoms with Crippen LogP contribution in [-0.2, 0) is 26.1 Å². The fraction of sp³-hybridized carbons (Fsp3) is 0.400. The minimum atomic E-state index is 0.723. The summed E-state index contributed by atoms with van der Waals surface area (Å²) >= 11 is 9.95. The minimum Gasteiger partial charge on any atom is -0.307 e. The Morgan fingerprint density at radius 3 is 2.65 bits per heavy atom. The molecule has 1 aromatic heterocycles. The Morgan fingerprint density at radius 2 is 2.00 bits per heavy atom. The third-order valence-corrected chi connectivity index (χ3v) is 4.47. The molecule has 1 aromatic carbocycles. The van der Waals surface area contributed by atoms with Crippen LogP contribution in [0, 0.1) is 0 Å². The lowest BCUT2D eigenvalue weighted by Crippen LogP contribution is -2.16. The van der Waals surface area contributed by atoms with Crippen LogP contribution in [0.15, 0.2) is 28.7 Å². The lowest BCUT2D eigenvalue weighted by atomic mass is 10.2. The zero-order valence-electron chi connectivity index (χ0n) is 11.8. The molecule has 1 N–H and O–H groups in total. The van der Waals surface area contributed by atoms with Crippen molar-refractivity contribution >= 4 is 27.5 Å².